The summed E-state index contributed by atoms with van der Waals surface area (Å²) in [5, 5.41) is 1.98. The summed E-state index contributed by atoms with van der Waals surface area (Å²) in [6.07, 6.45) is -2.85. The van der Waals surface area contributed by atoms with Crippen LogP contribution >= 0.6 is 11.3 Å². The van der Waals surface area contributed by atoms with E-state index in [0.29, 0.717) is 19.5 Å². The summed E-state index contributed by atoms with van der Waals surface area (Å²) in [7, 11) is 0. The predicted molar refractivity (Wildman–Crippen MR) is 84.4 cm³/mol. The first-order valence-electron chi connectivity index (χ1n) is 7.88. The zero-order valence-electron chi connectivity index (χ0n) is 13.1. The number of hydrazine groups is 1. The smallest absolute Gasteiger partial charge is 0.332 e. The summed E-state index contributed by atoms with van der Waals surface area (Å²) in [5.74, 6) is 0.155. The first-order chi connectivity index (χ1) is 11.9. The molecule has 1 amide bonds. The topological polar surface area (TPSA) is 62.2 Å². The van der Waals surface area contributed by atoms with Gasteiger partial charge in [-0.25, -0.2) is 15.8 Å². The number of hydrogen-bond acceptors (Lipinski definition) is 5. The number of aromatic nitrogens is 2. The van der Waals surface area contributed by atoms with Crippen LogP contribution in [0.5, 0.6) is 0 Å². The molecule has 4 rings (SSSR count). The second-order valence-corrected chi connectivity index (χ2v) is 7.12. The Hall–Kier alpha value is -1.91. The van der Waals surface area contributed by atoms with Crippen LogP contribution in [0.1, 0.15) is 28.9 Å². The molecule has 0 radical (unpaired) electrons. The van der Waals surface area contributed by atoms with Crippen molar-refractivity contribution in [3.8, 4) is 0 Å². The lowest BCUT2D eigenvalue weighted by Gasteiger charge is -2.29. The number of carbonyl (C=O) groups is 1. The van der Waals surface area contributed by atoms with Crippen LogP contribution in [-0.4, -0.2) is 32.9 Å². The molecule has 2 aliphatic rings. The molecule has 0 spiro atoms. The van der Waals surface area contributed by atoms with Gasteiger partial charge in [0.25, 0.3) is 0 Å². The van der Waals surface area contributed by atoms with Crippen LogP contribution in [0.25, 0.3) is 0 Å². The van der Waals surface area contributed by atoms with Crippen molar-refractivity contribution >= 4 is 17.2 Å². The molecule has 0 saturated carbocycles. The van der Waals surface area contributed by atoms with Gasteiger partial charge in [-0.1, -0.05) is 6.07 Å². The highest BCUT2D eigenvalue weighted by Crippen LogP contribution is 2.30. The van der Waals surface area contributed by atoms with Gasteiger partial charge in [-0.05, 0) is 17.9 Å². The van der Waals surface area contributed by atoms with Crippen molar-refractivity contribution < 1.29 is 18.0 Å². The summed E-state index contributed by atoms with van der Waals surface area (Å²) < 4.78 is 39.8. The van der Waals surface area contributed by atoms with E-state index in [1.807, 2.05) is 17.5 Å². The highest BCUT2D eigenvalue weighted by molar-refractivity contribution is 7.10. The molecule has 2 atom stereocenters. The number of halogens is 3. The van der Waals surface area contributed by atoms with Gasteiger partial charge in [0, 0.05) is 24.2 Å². The number of alkyl halides is 3. The molecule has 2 aromatic heterocycles. The predicted octanol–water partition coefficient (Wildman–Crippen LogP) is 1.91. The number of carbonyl (C=O) groups excluding carboxylic acids is 1. The third kappa shape index (κ3) is 3.16. The lowest BCUT2D eigenvalue weighted by molar-refractivity contribution is -0.141. The quantitative estimate of drug-likeness (QED) is 0.847. The van der Waals surface area contributed by atoms with E-state index in [2.05, 4.69) is 15.8 Å². The number of rotatable bonds is 2. The van der Waals surface area contributed by atoms with Crippen LogP contribution in [0.2, 0.25) is 0 Å². The highest BCUT2D eigenvalue weighted by Gasteiger charge is 2.38. The van der Waals surface area contributed by atoms with Crippen molar-refractivity contribution in [1.82, 2.24) is 25.3 Å². The molecule has 10 heteroatoms. The average Bonchev–Trinajstić information content (AvgIpc) is 3.30. The summed E-state index contributed by atoms with van der Waals surface area (Å²) in [6.45, 7) is 0.788. The van der Waals surface area contributed by atoms with Crippen LogP contribution in [0.4, 0.5) is 13.2 Å². The number of hydrogen-bond donors (Lipinski definition) is 2. The fourth-order valence-corrected chi connectivity index (χ4v) is 3.98. The van der Waals surface area contributed by atoms with E-state index in [0.717, 1.165) is 11.1 Å². The summed E-state index contributed by atoms with van der Waals surface area (Å²) in [5.41, 5.74) is 5.21. The van der Waals surface area contributed by atoms with Crippen molar-refractivity contribution in [2.75, 3.05) is 6.54 Å². The third-order valence-corrected chi connectivity index (χ3v) is 5.48. The third-order valence-electron chi connectivity index (χ3n) is 4.49. The Morgan fingerprint density at radius 3 is 2.88 bits per heavy atom. The van der Waals surface area contributed by atoms with E-state index in [4.69, 9.17) is 0 Å². The van der Waals surface area contributed by atoms with Gasteiger partial charge in [-0.2, -0.15) is 13.2 Å². The molecule has 0 aliphatic carbocycles. The van der Waals surface area contributed by atoms with Crippen molar-refractivity contribution in [2.24, 2.45) is 0 Å². The zero-order valence-corrected chi connectivity index (χ0v) is 13.9. The van der Waals surface area contributed by atoms with Crippen molar-refractivity contribution in [2.45, 2.75) is 37.8 Å². The Bertz CT molecular complexity index is 773. The minimum atomic E-state index is -4.47. The Labute approximate surface area is 145 Å². The van der Waals surface area contributed by atoms with Crippen molar-refractivity contribution in [1.29, 1.82) is 0 Å². The molecule has 6 nitrogen and oxygen atoms in total. The summed E-state index contributed by atoms with van der Waals surface area (Å²) >= 11 is 1.62. The van der Waals surface area contributed by atoms with Crippen molar-refractivity contribution in [3.05, 3.63) is 40.1 Å². The van der Waals surface area contributed by atoms with E-state index in [1.165, 1.54) is 4.57 Å². The maximum absolute atomic E-state index is 12.8. The summed E-state index contributed by atoms with van der Waals surface area (Å²) in [4.78, 5) is 19.1. The number of nitrogens with one attached hydrogen (secondary N) is 2. The van der Waals surface area contributed by atoms with Crippen LogP contribution in [-0.2, 0) is 24.1 Å². The first kappa shape index (κ1) is 16.6. The molecule has 4 heterocycles. The second-order valence-electron chi connectivity index (χ2n) is 6.14. The maximum Gasteiger partial charge on any atom is 0.434 e. The van der Waals surface area contributed by atoms with Gasteiger partial charge < -0.3 is 9.47 Å². The van der Waals surface area contributed by atoms with E-state index in [1.54, 1.807) is 16.2 Å². The molecule has 1 saturated heterocycles. The second kappa shape index (κ2) is 6.11. The molecule has 134 valence electrons. The number of thiophene rings is 1. The lowest BCUT2D eigenvalue weighted by atomic mass is 10.1. The molecule has 0 aromatic carbocycles. The Kier molecular flexibility index (Phi) is 4.05. The number of amides is 1. The van der Waals surface area contributed by atoms with Crippen LogP contribution in [0.15, 0.2) is 23.7 Å². The molecule has 2 aromatic rings. The maximum atomic E-state index is 12.8. The minimum absolute atomic E-state index is 0.0672. The van der Waals surface area contributed by atoms with Crippen LogP contribution in [0.3, 0.4) is 0 Å². The number of nitrogens with zero attached hydrogens (tertiary/aromatic N) is 3. The van der Waals surface area contributed by atoms with E-state index >= 15 is 0 Å². The van der Waals surface area contributed by atoms with E-state index < -0.39 is 17.9 Å². The molecular formula is C15H16F3N5OS. The Morgan fingerprint density at radius 1 is 1.32 bits per heavy atom. The fourth-order valence-electron chi connectivity index (χ4n) is 3.19. The van der Waals surface area contributed by atoms with Gasteiger partial charge in [0.1, 0.15) is 11.9 Å². The molecule has 25 heavy (non-hydrogen) atoms. The van der Waals surface area contributed by atoms with E-state index in [-0.39, 0.29) is 24.3 Å². The van der Waals surface area contributed by atoms with Gasteiger partial charge in [0.2, 0.25) is 5.91 Å². The molecule has 2 N–H and O–H groups in total. The van der Waals surface area contributed by atoms with Crippen LogP contribution in [0, 0.1) is 0 Å². The standard InChI is InChI=1S/C15H16F3N5OS/c16-15(17,18)12-7-22-3-4-23(8-13(22)19-12)14(24)10-6-9(20-21-10)11-2-1-5-25-11/h1-2,5,7,9-10,20-21H,3-4,6,8H2. The van der Waals surface area contributed by atoms with E-state index in [9.17, 15) is 18.0 Å². The fraction of sp³-hybridized carbons (Fsp3) is 0.467. The SMILES string of the molecule is O=C(C1CC(c2cccs2)NN1)N1CCn2cc(C(F)(F)F)nc2C1. The van der Waals surface area contributed by atoms with Crippen LogP contribution < -0.4 is 10.9 Å². The lowest BCUT2D eigenvalue weighted by Crippen LogP contribution is -2.48. The van der Waals surface area contributed by atoms with Crippen molar-refractivity contribution in [3.63, 3.8) is 0 Å². The van der Waals surface area contributed by atoms with Gasteiger partial charge in [-0.15, -0.1) is 11.3 Å². The largest absolute Gasteiger partial charge is 0.434 e. The Morgan fingerprint density at radius 2 is 2.16 bits per heavy atom. The average molecular weight is 371 g/mol. The van der Waals surface area contributed by atoms with Gasteiger partial charge in [0.05, 0.1) is 12.6 Å². The normalized spacial score (nSPS) is 23.7. The molecule has 2 aliphatic heterocycles. The van der Waals surface area contributed by atoms with Gasteiger partial charge in [0.15, 0.2) is 5.69 Å². The van der Waals surface area contributed by atoms with Gasteiger partial charge in [-0.3, -0.25) is 4.79 Å². The van der Waals surface area contributed by atoms with Gasteiger partial charge >= 0.3 is 6.18 Å². The number of fused-ring (bicyclic) bond motifs is 1. The molecule has 0 bridgehead atoms. The monoisotopic (exact) mass is 371 g/mol. The molecule has 1 fully saturated rings. The molecule has 2 unspecified atom stereocenters. The first-order valence-corrected chi connectivity index (χ1v) is 8.76. The molecular weight excluding hydrogens is 355 g/mol. The number of imidazole rings is 1. The minimum Gasteiger partial charge on any atom is -0.332 e. The highest BCUT2D eigenvalue weighted by atomic mass is 32.1. The Balaban J connectivity index is 1.43. The summed E-state index contributed by atoms with van der Waals surface area (Å²) in [6, 6.07) is 3.64. The zero-order chi connectivity index (χ0) is 17.6.